The van der Waals surface area contributed by atoms with E-state index in [1.54, 1.807) is 0 Å². The van der Waals surface area contributed by atoms with Crippen molar-refractivity contribution in [1.29, 1.82) is 0 Å². The molecule has 1 heterocycles. The fraction of sp³-hybridized carbons (Fsp3) is 0.583. The Balaban J connectivity index is 2.19. The van der Waals surface area contributed by atoms with E-state index in [0.717, 1.165) is 18.2 Å². The second-order valence-electron chi connectivity index (χ2n) is 4.99. The average Bonchev–Trinajstić information content (AvgIpc) is 2.63. The number of anilines is 1. The van der Waals surface area contributed by atoms with Crippen LogP contribution in [0.15, 0.2) is 18.9 Å². The van der Waals surface area contributed by atoms with E-state index in [9.17, 15) is 0 Å². The third kappa shape index (κ3) is 1.91. The SMILES string of the molecule is C=CCNc1nc(C)cn1C1CC1(C)C. The lowest BCUT2D eigenvalue weighted by atomic mass is 10.2. The minimum atomic E-state index is 0.428. The van der Waals surface area contributed by atoms with Crippen molar-refractivity contribution in [3.63, 3.8) is 0 Å². The van der Waals surface area contributed by atoms with Crippen molar-refractivity contribution >= 4 is 5.95 Å². The Morgan fingerprint density at radius 1 is 1.73 bits per heavy atom. The Kier molecular flexibility index (Phi) is 2.33. The number of imidazole rings is 1. The molecule has 1 aliphatic rings. The van der Waals surface area contributed by atoms with E-state index in [0.29, 0.717) is 11.5 Å². The van der Waals surface area contributed by atoms with Crippen LogP contribution in [-0.2, 0) is 0 Å². The van der Waals surface area contributed by atoms with Crippen molar-refractivity contribution in [1.82, 2.24) is 9.55 Å². The highest BCUT2D eigenvalue weighted by atomic mass is 15.2. The highest BCUT2D eigenvalue weighted by Crippen LogP contribution is 2.56. The molecular formula is C12H19N3. The van der Waals surface area contributed by atoms with E-state index >= 15 is 0 Å². The Morgan fingerprint density at radius 3 is 2.93 bits per heavy atom. The van der Waals surface area contributed by atoms with Crippen LogP contribution in [-0.4, -0.2) is 16.1 Å². The average molecular weight is 205 g/mol. The molecule has 1 N–H and O–H groups in total. The maximum absolute atomic E-state index is 4.48. The maximum Gasteiger partial charge on any atom is 0.203 e. The maximum atomic E-state index is 4.48. The van der Waals surface area contributed by atoms with Gasteiger partial charge in [-0.25, -0.2) is 4.98 Å². The standard InChI is InChI=1S/C12H19N3/c1-5-6-13-11-14-9(2)8-15(11)10-7-12(10,3)4/h5,8,10H,1,6-7H2,2-4H3,(H,13,14). The predicted molar refractivity (Wildman–Crippen MR) is 63.1 cm³/mol. The monoisotopic (exact) mass is 205 g/mol. The van der Waals surface area contributed by atoms with Gasteiger partial charge in [0.2, 0.25) is 5.95 Å². The second kappa shape index (κ2) is 3.40. The summed E-state index contributed by atoms with van der Waals surface area (Å²) in [5, 5.41) is 3.28. The molecule has 82 valence electrons. The molecule has 0 radical (unpaired) electrons. The molecule has 1 saturated carbocycles. The first-order chi connectivity index (χ1) is 7.04. The van der Waals surface area contributed by atoms with E-state index in [1.807, 2.05) is 13.0 Å². The highest BCUT2D eigenvalue weighted by Gasteiger charge is 2.47. The van der Waals surface area contributed by atoms with E-state index in [-0.39, 0.29) is 0 Å². The second-order valence-corrected chi connectivity index (χ2v) is 4.99. The van der Waals surface area contributed by atoms with E-state index in [4.69, 9.17) is 0 Å². The first kappa shape index (κ1) is 10.3. The van der Waals surface area contributed by atoms with Crippen LogP contribution in [0, 0.1) is 12.3 Å². The van der Waals surface area contributed by atoms with Crippen molar-refractivity contribution in [2.24, 2.45) is 5.41 Å². The molecule has 0 bridgehead atoms. The summed E-state index contributed by atoms with van der Waals surface area (Å²) in [6.07, 6.45) is 5.23. The van der Waals surface area contributed by atoms with Gasteiger partial charge in [-0.1, -0.05) is 19.9 Å². The lowest BCUT2D eigenvalue weighted by molar-refractivity contribution is 0.544. The van der Waals surface area contributed by atoms with Crippen molar-refractivity contribution in [3.8, 4) is 0 Å². The molecule has 0 saturated heterocycles. The molecular weight excluding hydrogens is 186 g/mol. The van der Waals surface area contributed by atoms with Crippen molar-refractivity contribution in [2.45, 2.75) is 33.2 Å². The quantitative estimate of drug-likeness (QED) is 0.766. The molecule has 0 aromatic carbocycles. The number of nitrogens with zero attached hydrogens (tertiary/aromatic N) is 2. The number of hydrogen-bond donors (Lipinski definition) is 1. The number of rotatable bonds is 4. The Labute approximate surface area is 91.2 Å². The summed E-state index contributed by atoms with van der Waals surface area (Å²) in [5.41, 5.74) is 1.50. The molecule has 1 aromatic heterocycles. The molecule has 1 aliphatic carbocycles. The molecule has 1 atom stereocenters. The van der Waals surface area contributed by atoms with Crippen LogP contribution in [0.25, 0.3) is 0 Å². The van der Waals surface area contributed by atoms with Crippen molar-refractivity contribution < 1.29 is 0 Å². The summed E-state index contributed by atoms with van der Waals surface area (Å²) in [7, 11) is 0. The predicted octanol–water partition coefficient (Wildman–Crippen LogP) is 2.76. The summed E-state index contributed by atoms with van der Waals surface area (Å²) >= 11 is 0. The minimum absolute atomic E-state index is 0.428. The zero-order valence-corrected chi connectivity index (χ0v) is 9.75. The van der Waals surface area contributed by atoms with Crippen LogP contribution in [0.2, 0.25) is 0 Å². The van der Waals surface area contributed by atoms with Crippen LogP contribution in [0.1, 0.15) is 32.0 Å². The van der Waals surface area contributed by atoms with E-state index in [2.05, 4.69) is 41.5 Å². The van der Waals surface area contributed by atoms with Crippen molar-refractivity contribution in [3.05, 3.63) is 24.5 Å². The zero-order valence-electron chi connectivity index (χ0n) is 9.75. The highest BCUT2D eigenvalue weighted by molar-refractivity contribution is 5.32. The van der Waals surface area contributed by atoms with Gasteiger partial charge >= 0.3 is 0 Å². The van der Waals surface area contributed by atoms with Gasteiger partial charge in [-0.3, -0.25) is 0 Å². The van der Waals surface area contributed by atoms with E-state index < -0.39 is 0 Å². The van der Waals surface area contributed by atoms with Crippen LogP contribution < -0.4 is 5.32 Å². The molecule has 1 unspecified atom stereocenters. The first-order valence-electron chi connectivity index (χ1n) is 5.45. The van der Waals surface area contributed by atoms with Gasteiger partial charge in [-0.15, -0.1) is 6.58 Å². The molecule has 2 rings (SSSR count). The summed E-state index contributed by atoms with van der Waals surface area (Å²) in [6.45, 7) is 11.1. The number of nitrogens with one attached hydrogen (secondary N) is 1. The Bertz CT molecular complexity index is 376. The zero-order chi connectivity index (χ0) is 11.1. The van der Waals surface area contributed by atoms with Gasteiger partial charge < -0.3 is 9.88 Å². The largest absolute Gasteiger partial charge is 0.352 e. The third-order valence-electron chi connectivity index (χ3n) is 3.05. The third-order valence-corrected chi connectivity index (χ3v) is 3.05. The van der Waals surface area contributed by atoms with Gasteiger partial charge in [0.15, 0.2) is 0 Å². The lowest BCUT2D eigenvalue weighted by Gasteiger charge is -2.09. The number of aryl methyl sites for hydroxylation is 1. The van der Waals surface area contributed by atoms with Gasteiger partial charge in [0.05, 0.1) is 5.69 Å². The fourth-order valence-electron chi connectivity index (χ4n) is 1.96. The van der Waals surface area contributed by atoms with Gasteiger partial charge in [0.25, 0.3) is 0 Å². The summed E-state index contributed by atoms with van der Waals surface area (Å²) in [5.74, 6) is 0.975. The molecule has 1 fully saturated rings. The number of hydrogen-bond acceptors (Lipinski definition) is 2. The van der Waals surface area contributed by atoms with Gasteiger partial charge in [-0.05, 0) is 18.8 Å². The van der Waals surface area contributed by atoms with Gasteiger partial charge in [0.1, 0.15) is 0 Å². The van der Waals surface area contributed by atoms with Gasteiger partial charge in [0, 0.05) is 18.8 Å². The number of aromatic nitrogens is 2. The molecule has 1 aromatic rings. The van der Waals surface area contributed by atoms with Crippen LogP contribution in [0.3, 0.4) is 0 Å². The topological polar surface area (TPSA) is 29.9 Å². The van der Waals surface area contributed by atoms with Crippen LogP contribution in [0.4, 0.5) is 5.95 Å². The Hall–Kier alpha value is -1.25. The molecule has 3 heteroatoms. The molecule has 0 amide bonds. The molecule has 15 heavy (non-hydrogen) atoms. The molecule has 3 nitrogen and oxygen atoms in total. The molecule has 0 spiro atoms. The fourth-order valence-corrected chi connectivity index (χ4v) is 1.96. The first-order valence-corrected chi connectivity index (χ1v) is 5.45. The smallest absolute Gasteiger partial charge is 0.203 e. The van der Waals surface area contributed by atoms with Gasteiger partial charge in [-0.2, -0.15) is 0 Å². The normalized spacial score (nSPS) is 22.5. The molecule has 0 aliphatic heterocycles. The summed E-state index contributed by atoms with van der Waals surface area (Å²) < 4.78 is 2.26. The summed E-state index contributed by atoms with van der Waals surface area (Å²) in [6, 6.07) is 0.603. The lowest BCUT2D eigenvalue weighted by Crippen LogP contribution is -2.08. The summed E-state index contributed by atoms with van der Waals surface area (Å²) in [4.78, 5) is 4.48. The van der Waals surface area contributed by atoms with Crippen molar-refractivity contribution in [2.75, 3.05) is 11.9 Å². The Morgan fingerprint density at radius 2 is 2.40 bits per heavy atom. The van der Waals surface area contributed by atoms with Crippen LogP contribution >= 0.6 is 0 Å². The van der Waals surface area contributed by atoms with Crippen LogP contribution in [0.5, 0.6) is 0 Å². The van der Waals surface area contributed by atoms with E-state index in [1.165, 1.54) is 6.42 Å². The minimum Gasteiger partial charge on any atom is -0.352 e.